The van der Waals surface area contributed by atoms with Crippen molar-refractivity contribution >= 4 is 29.2 Å². The highest BCUT2D eigenvalue weighted by Crippen LogP contribution is 2.32. The summed E-state index contributed by atoms with van der Waals surface area (Å²) in [6.07, 6.45) is 1.92. The summed E-state index contributed by atoms with van der Waals surface area (Å²) in [5.41, 5.74) is 0.760. The van der Waals surface area contributed by atoms with Crippen molar-refractivity contribution in [3.8, 4) is 0 Å². The SMILES string of the molecule is CC(C)N1Cc2c(n(CC(=O)Nc3ccc(F)cn3)c3cc(C4CCC(=O)N4C)nn3c2=O)C1=O. The molecule has 0 aliphatic carbocycles. The first-order chi connectivity index (χ1) is 16.7. The average Bonchev–Trinajstić information content (AvgIpc) is 3.49. The topological polar surface area (TPSA) is 122 Å². The first-order valence-electron chi connectivity index (χ1n) is 11.3. The summed E-state index contributed by atoms with van der Waals surface area (Å²) >= 11 is 0. The van der Waals surface area contributed by atoms with E-state index in [2.05, 4.69) is 15.4 Å². The van der Waals surface area contributed by atoms with Crippen LogP contribution in [0.3, 0.4) is 0 Å². The van der Waals surface area contributed by atoms with Crippen LogP contribution in [0.1, 0.15) is 54.5 Å². The van der Waals surface area contributed by atoms with E-state index < -0.39 is 17.3 Å². The summed E-state index contributed by atoms with van der Waals surface area (Å²) in [7, 11) is 1.68. The molecule has 2 aliphatic rings. The van der Waals surface area contributed by atoms with E-state index in [0.717, 1.165) is 6.20 Å². The van der Waals surface area contributed by atoms with Crippen molar-refractivity contribution < 1.29 is 18.8 Å². The zero-order chi connectivity index (χ0) is 25.0. The van der Waals surface area contributed by atoms with E-state index in [1.165, 1.54) is 21.2 Å². The van der Waals surface area contributed by atoms with Crippen LogP contribution in [-0.2, 0) is 22.7 Å². The fourth-order valence-corrected chi connectivity index (χ4v) is 4.67. The number of rotatable bonds is 5. The number of fused-ring (bicyclic) bond motifs is 2. The third-order valence-electron chi connectivity index (χ3n) is 6.54. The van der Waals surface area contributed by atoms with Gasteiger partial charge in [-0.05, 0) is 32.4 Å². The molecule has 5 rings (SSSR count). The van der Waals surface area contributed by atoms with Crippen molar-refractivity contribution in [3.63, 3.8) is 0 Å². The van der Waals surface area contributed by atoms with Crippen LogP contribution in [0.4, 0.5) is 10.2 Å². The molecule has 11 nitrogen and oxygen atoms in total. The molecule has 182 valence electrons. The van der Waals surface area contributed by atoms with Crippen molar-refractivity contribution in [2.45, 2.75) is 51.9 Å². The highest BCUT2D eigenvalue weighted by molar-refractivity contribution is 5.98. The smallest absolute Gasteiger partial charge is 0.280 e. The van der Waals surface area contributed by atoms with E-state index >= 15 is 0 Å². The number of hydrogen-bond acceptors (Lipinski definition) is 6. The summed E-state index contributed by atoms with van der Waals surface area (Å²) < 4.78 is 15.9. The lowest BCUT2D eigenvalue weighted by molar-refractivity contribution is -0.127. The Balaban J connectivity index is 1.61. The number of anilines is 1. The van der Waals surface area contributed by atoms with Crippen molar-refractivity contribution in [2.75, 3.05) is 12.4 Å². The molecule has 3 amide bonds. The van der Waals surface area contributed by atoms with Gasteiger partial charge in [0.2, 0.25) is 11.8 Å². The average molecular weight is 481 g/mol. The Hall–Kier alpha value is -4.09. The summed E-state index contributed by atoms with van der Waals surface area (Å²) in [5.74, 6) is -1.26. The van der Waals surface area contributed by atoms with Gasteiger partial charge < -0.3 is 19.7 Å². The molecule has 1 saturated heterocycles. The second kappa shape index (κ2) is 8.29. The number of pyridine rings is 1. The van der Waals surface area contributed by atoms with Gasteiger partial charge in [-0.2, -0.15) is 9.61 Å². The highest BCUT2D eigenvalue weighted by atomic mass is 19.1. The summed E-state index contributed by atoms with van der Waals surface area (Å²) in [6, 6.07) is 3.70. The van der Waals surface area contributed by atoms with Crippen molar-refractivity contribution in [1.29, 1.82) is 0 Å². The van der Waals surface area contributed by atoms with Gasteiger partial charge in [-0.15, -0.1) is 0 Å². The van der Waals surface area contributed by atoms with Crippen LogP contribution in [0.2, 0.25) is 0 Å². The van der Waals surface area contributed by atoms with Gasteiger partial charge in [0, 0.05) is 25.6 Å². The van der Waals surface area contributed by atoms with Gasteiger partial charge in [0.1, 0.15) is 29.5 Å². The van der Waals surface area contributed by atoms with Crippen LogP contribution < -0.4 is 10.9 Å². The van der Waals surface area contributed by atoms with Gasteiger partial charge in [0.05, 0.1) is 30.0 Å². The molecule has 1 N–H and O–H groups in total. The van der Waals surface area contributed by atoms with E-state index in [-0.39, 0.29) is 59.7 Å². The minimum absolute atomic E-state index is 0.0151. The summed E-state index contributed by atoms with van der Waals surface area (Å²) in [5, 5.41) is 7.08. The Bertz CT molecular complexity index is 1430. The standard InChI is InChI=1S/C23H24FN7O4/c1-12(2)29-10-14-21(23(29)35)30(11-18(32)26-17-6-4-13(24)9-25-17)19-8-15(27-31(19)22(14)34)16-5-7-20(33)28(16)3/h4,6,8-9,12,16H,5,7,10-11H2,1-3H3,(H,25,26,32). The Labute approximate surface area is 199 Å². The van der Waals surface area contributed by atoms with E-state index in [4.69, 9.17) is 0 Å². The zero-order valence-corrected chi connectivity index (χ0v) is 19.5. The Morgan fingerprint density at radius 3 is 2.66 bits per heavy atom. The normalized spacial score (nSPS) is 17.7. The second-order valence-corrected chi connectivity index (χ2v) is 9.05. The maximum absolute atomic E-state index is 13.4. The minimum atomic E-state index is -0.538. The molecule has 35 heavy (non-hydrogen) atoms. The minimum Gasteiger partial charge on any atom is -0.337 e. The number of carbonyl (C=O) groups excluding carboxylic acids is 3. The van der Waals surface area contributed by atoms with Gasteiger partial charge in [-0.3, -0.25) is 19.2 Å². The van der Waals surface area contributed by atoms with Crippen LogP contribution in [0, 0.1) is 5.82 Å². The van der Waals surface area contributed by atoms with Crippen LogP contribution in [0.25, 0.3) is 5.65 Å². The molecule has 1 fully saturated rings. The molecule has 0 radical (unpaired) electrons. The number of likely N-dealkylation sites (tertiary alicyclic amines) is 1. The third-order valence-corrected chi connectivity index (χ3v) is 6.54. The van der Waals surface area contributed by atoms with Crippen molar-refractivity contribution in [3.05, 3.63) is 57.5 Å². The monoisotopic (exact) mass is 481 g/mol. The van der Waals surface area contributed by atoms with Crippen LogP contribution in [0.5, 0.6) is 0 Å². The molecular formula is C23H24FN7O4. The predicted molar refractivity (Wildman–Crippen MR) is 122 cm³/mol. The first-order valence-corrected chi connectivity index (χ1v) is 11.3. The molecule has 3 aromatic heterocycles. The molecular weight excluding hydrogens is 457 g/mol. The Morgan fingerprint density at radius 1 is 1.26 bits per heavy atom. The second-order valence-electron chi connectivity index (χ2n) is 9.05. The van der Waals surface area contributed by atoms with Crippen LogP contribution >= 0.6 is 0 Å². The summed E-state index contributed by atoms with van der Waals surface area (Å²) in [6.45, 7) is 3.51. The highest BCUT2D eigenvalue weighted by Gasteiger charge is 2.37. The molecule has 2 aliphatic heterocycles. The molecule has 0 saturated carbocycles. The van der Waals surface area contributed by atoms with Crippen LogP contribution in [-0.4, -0.2) is 59.8 Å². The molecule has 0 bridgehead atoms. The van der Waals surface area contributed by atoms with Crippen molar-refractivity contribution in [2.24, 2.45) is 0 Å². The van der Waals surface area contributed by atoms with Gasteiger partial charge in [0.15, 0.2) is 0 Å². The maximum Gasteiger partial charge on any atom is 0.280 e. The lowest BCUT2D eigenvalue weighted by Gasteiger charge is -2.20. The maximum atomic E-state index is 13.4. The number of carbonyl (C=O) groups is 3. The summed E-state index contributed by atoms with van der Waals surface area (Å²) in [4.78, 5) is 58.6. The van der Waals surface area contributed by atoms with Gasteiger partial charge in [0.25, 0.3) is 11.5 Å². The predicted octanol–water partition coefficient (Wildman–Crippen LogP) is 1.33. The van der Waals surface area contributed by atoms with E-state index in [9.17, 15) is 23.6 Å². The number of nitrogens with one attached hydrogen (secondary N) is 1. The van der Waals surface area contributed by atoms with E-state index in [0.29, 0.717) is 18.5 Å². The third kappa shape index (κ3) is 3.74. The van der Waals surface area contributed by atoms with Crippen molar-refractivity contribution in [1.82, 2.24) is 29.0 Å². The molecule has 5 heterocycles. The fourth-order valence-electron chi connectivity index (χ4n) is 4.67. The molecule has 0 aromatic carbocycles. The van der Waals surface area contributed by atoms with Gasteiger partial charge in [-0.1, -0.05) is 0 Å². The van der Waals surface area contributed by atoms with E-state index in [1.54, 1.807) is 22.9 Å². The van der Waals surface area contributed by atoms with Crippen LogP contribution in [0.15, 0.2) is 29.2 Å². The van der Waals surface area contributed by atoms with Gasteiger partial charge in [-0.25, -0.2) is 9.37 Å². The molecule has 3 aromatic rings. The Kier molecular flexibility index (Phi) is 5.37. The number of aromatic nitrogens is 4. The molecule has 1 unspecified atom stereocenters. The Morgan fingerprint density at radius 2 is 2.03 bits per heavy atom. The number of amides is 3. The lowest BCUT2D eigenvalue weighted by atomic mass is 10.1. The molecule has 12 heteroatoms. The zero-order valence-electron chi connectivity index (χ0n) is 19.5. The quantitative estimate of drug-likeness (QED) is 0.587. The number of halogens is 1. The first kappa shape index (κ1) is 22.7. The molecule has 0 spiro atoms. The largest absolute Gasteiger partial charge is 0.337 e. The van der Waals surface area contributed by atoms with Gasteiger partial charge >= 0.3 is 0 Å². The number of nitrogens with zero attached hydrogens (tertiary/aromatic N) is 6. The van der Waals surface area contributed by atoms with E-state index in [1.807, 2.05) is 13.8 Å². The molecule has 1 atom stereocenters. The lowest BCUT2D eigenvalue weighted by Crippen LogP contribution is -2.32. The fraction of sp³-hybridized carbons (Fsp3) is 0.391. The number of hydrogen-bond donors (Lipinski definition) is 1.